The third kappa shape index (κ3) is 4.80. The Morgan fingerprint density at radius 3 is 2.63 bits per heavy atom. The van der Waals surface area contributed by atoms with Crippen LogP contribution in [0.2, 0.25) is 5.02 Å². The fourth-order valence-corrected chi connectivity index (χ4v) is 2.70. The molecule has 2 N–H and O–H groups in total. The number of aromatic nitrogens is 2. The first-order chi connectivity index (χ1) is 12.9. The van der Waals surface area contributed by atoms with Crippen LogP contribution in [0.5, 0.6) is 0 Å². The maximum Gasteiger partial charge on any atom is 0.274 e. The molecule has 0 radical (unpaired) electrons. The van der Waals surface area contributed by atoms with Gasteiger partial charge in [0.05, 0.1) is 5.02 Å². The lowest BCUT2D eigenvalue weighted by Crippen LogP contribution is -2.16. The van der Waals surface area contributed by atoms with Gasteiger partial charge in [-0.1, -0.05) is 35.9 Å². The molecule has 0 fully saturated rings. The molecule has 138 valence electrons. The number of amides is 1. The van der Waals surface area contributed by atoms with Crippen molar-refractivity contribution in [3.8, 4) is 0 Å². The van der Waals surface area contributed by atoms with E-state index in [2.05, 4.69) is 20.6 Å². The number of nitrogens with one attached hydrogen (secondary N) is 2. The molecule has 0 atom stereocenters. The number of benzene rings is 2. The minimum absolute atomic E-state index is 0.0627. The summed E-state index contributed by atoms with van der Waals surface area (Å²) in [7, 11) is 0. The van der Waals surface area contributed by atoms with Crippen LogP contribution in [-0.4, -0.2) is 15.9 Å². The van der Waals surface area contributed by atoms with Gasteiger partial charge in [0.1, 0.15) is 11.5 Å². The van der Waals surface area contributed by atoms with E-state index in [1.807, 2.05) is 31.2 Å². The Labute approximate surface area is 161 Å². The highest BCUT2D eigenvalue weighted by atomic mass is 35.5. The Morgan fingerprint density at radius 2 is 1.89 bits per heavy atom. The molecule has 7 heteroatoms. The molecular weight excluding hydrogens is 367 g/mol. The number of anilines is 2. The third-order valence-electron chi connectivity index (χ3n) is 3.96. The quantitative estimate of drug-likeness (QED) is 0.666. The number of rotatable bonds is 5. The zero-order chi connectivity index (χ0) is 19.4. The van der Waals surface area contributed by atoms with E-state index in [1.54, 1.807) is 13.0 Å². The summed E-state index contributed by atoms with van der Waals surface area (Å²) in [6.45, 7) is 4.36. The van der Waals surface area contributed by atoms with Gasteiger partial charge in [0.25, 0.3) is 5.91 Å². The van der Waals surface area contributed by atoms with Crippen molar-refractivity contribution in [3.63, 3.8) is 0 Å². The monoisotopic (exact) mass is 384 g/mol. The van der Waals surface area contributed by atoms with Gasteiger partial charge in [-0.25, -0.2) is 14.4 Å². The number of halogens is 2. The molecular formula is C20H18ClFN4O. The van der Waals surface area contributed by atoms with Crippen LogP contribution < -0.4 is 10.6 Å². The standard InChI is InChI=1S/C20H18ClFN4O/c1-12-5-3-4-6-14(12)11-23-20-24-13(2)9-18(26-20)19(27)25-15-7-8-17(22)16(21)10-15/h3-10H,11H2,1-2H3,(H,25,27)(H,23,24,26). The first-order valence-electron chi connectivity index (χ1n) is 8.33. The average molecular weight is 385 g/mol. The fraction of sp³-hybridized carbons (Fsp3) is 0.150. The summed E-state index contributed by atoms with van der Waals surface area (Å²) in [6, 6.07) is 13.5. The van der Waals surface area contributed by atoms with Crippen molar-refractivity contribution in [3.05, 3.63) is 81.9 Å². The van der Waals surface area contributed by atoms with Crippen LogP contribution in [-0.2, 0) is 6.54 Å². The van der Waals surface area contributed by atoms with Crippen LogP contribution in [0.15, 0.2) is 48.5 Å². The molecule has 3 rings (SSSR count). The Kier molecular flexibility index (Phi) is 5.66. The molecule has 0 saturated heterocycles. The number of hydrogen-bond acceptors (Lipinski definition) is 4. The Balaban J connectivity index is 1.75. The summed E-state index contributed by atoms with van der Waals surface area (Å²) in [5.74, 6) is -0.613. The molecule has 0 aliphatic rings. The molecule has 3 aromatic rings. The molecule has 1 heterocycles. The average Bonchev–Trinajstić information content (AvgIpc) is 2.63. The second-order valence-corrected chi connectivity index (χ2v) is 6.49. The van der Waals surface area contributed by atoms with Crippen molar-refractivity contribution in [2.45, 2.75) is 20.4 Å². The second kappa shape index (κ2) is 8.14. The van der Waals surface area contributed by atoms with Crippen LogP contribution in [0.25, 0.3) is 0 Å². The first kappa shape index (κ1) is 18.8. The maximum absolute atomic E-state index is 13.2. The van der Waals surface area contributed by atoms with Crippen LogP contribution in [0.3, 0.4) is 0 Å². The van der Waals surface area contributed by atoms with Gasteiger partial charge in [-0.15, -0.1) is 0 Å². The zero-order valence-electron chi connectivity index (χ0n) is 14.9. The van der Waals surface area contributed by atoms with Crippen LogP contribution >= 0.6 is 11.6 Å². The van der Waals surface area contributed by atoms with Crippen molar-refractivity contribution < 1.29 is 9.18 Å². The van der Waals surface area contributed by atoms with Gasteiger partial charge in [0.2, 0.25) is 5.95 Å². The van der Waals surface area contributed by atoms with E-state index in [0.29, 0.717) is 23.9 Å². The summed E-state index contributed by atoms with van der Waals surface area (Å²) >= 11 is 5.74. The van der Waals surface area contributed by atoms with E-state index in [0.717, 1.165) is 11.1 Å². The molecule has 0 spiro atoms. The van der Waals surface area contributed by atoms with Gasteiger partial charge >= 0.3 is 0 Å². The summed E-state index contributed by atoms with van der Waals surface area (Å²) < 4.78 is 13.2. The smallest absolute Gasteiger partial charge is 0.274 e. The topological polar surface area (TPSA) is 66.9 Å². The van der Waals surface area contributed by atoms with E-state index in [1.165, 1.54) is 18.2 Å². The highest BCUT2D eigenvalue weighted by Gasteiger charge is 2.12. The molecule has 0 bridgehead atoms. The van der Waals surface area contributed by atoms with E-state index >= 15 is 0 Å². The van der Waals surface area contributed by atoms with E-state index < -0.39 is 11.7 Å². The number of carbonyl (C=O) groups is 1. The van der Waals surface area contributed by atoms with E-state index in [4.69, 9.17) is 11.6 Å². The van der Waals surface area contributed by atoms with Gasteiger partial charge in [0, 0.05) is 17.9 Å². The molecule has 5 nitrogen and oxygen atoms in total. The fourth-order valence-electron chi connectivity index (χ4n) is 2.52. The minimum Gasteiger partial charge on any atom is -0.350 e. The molecule has 0 unspecified atom stereocenters. The van der Waals surface area contributed by atoms with Crippen LogP contribution in [0.4, 0.5) is 16.0 Å². The number of aryl methyl sites for hydroxylation is 2. The van der Waals surface area contributed by atoms with Gasteiger partial charge < -0.3 is 10.6 Å². The lowest BCUT2D eigenvalue weighted by molar-refractivity contribution is 0.102. The highest BCUT2D eigenvalue weighted by Crippen LogP contribution is 2.20. The summed E-state index contributed by atoms with van der Waals surface area (Å²) in [5, 5.41) is 5.74. The third-order valence-corrected chi connectivity index (χ3v) is 4.25. The van der Waals surface area contributed by atoms with Crippen molar-refractivity contribution >= 4 is 29.1 Å². The minimum atomic E-state index is -0.546. The van der Waals surface area contributed by atoms with Gasteiger partial charge in [0.15, 0.2) is 0 Å². The van der Waals surface area contributed by atoms with Crippen LogP contribution in [0, 0.1) is 19.7 Å². The molecule has 27 heavy (non-hydrogen) atoms. The largest absolute Gasteiger partial charge is 0.350 e. The van der Waals surface area contributed by atoms with Crippen molar-refractivity contribution in [1.29, 1.82) is 0 Å². The van der Waals surface area contributed by atoms with Crippen molar-refractivity contribution in [2.24, 2.45) is 0 Å². The highest BCUT2D eigenvalue weighted by molar-refractivity contribution is 6.31. The molecule has 0 saturated carbocycles. The van der Waals surface area contributed by atoms with Gasteiger partial charge in [-0.2, -0.15) is 0 Å². The Hall–Kier alpha value is -2.99. The number of carbonyl (C=O) groups excluding carboxylic acids is 1. The maximum atomic E-state index is 13.2. The van der Waals surface area contributed by atoms with Crippen LogP contribution in [0.1, 0.15) is 27.3 Å². The zero-order valence-corrected chi connectivity index (χ0v) is 15.6. The summed E-state index contributed by atoms with van der Waals surface area (Å²) in [4.78, 5) is 21.1. The molecule has 1 aromatic heterocycles. The molecule has 0 aliphatic heterocycles. The SMILES string of the molecule is Cc1cc(C(=O)Nc2ccc(F)c(Cl)c2)nc(NCc2ccccc2C)n1. The van der Waals surface area contributed by atoms with E-state index in [9.17, 15) is 9.18 Å². The second-order valence-electron chi connectivity index (χ2n) is 6.08. The van der Waals surface area contributed by atoms with E-state index in [-0.39, 0.29) is 10.7 Å². The predicted molar refractivity (Wildman–Crippen MR) is 105 cm³/mol. The number of hydrogen-bond donors (Lipinski definition) is 2. The first-order valence-corrected chi connectivity index (χ1v) is 8.70. The van der Waals surface area contributed by atoms with Crippen molar-refractivity contribution in [1.82, 2.24) is 9.97 Å². The normalized spacial score (nSPS) is 10.5. The Bertz CT molecular complexity index is 993. The molecule has 0 aliphatic carbocycles. The Morgan fingerprint density at radius 1 is 1.11 bits per heavy atom. The summed E-state index contributed by atoms with van der Waals surface area (Å²) in [6.07, 6.45) is 0. The lowest BCUT2D eigenvalue weighted by atomic mass is 10.1. The number of nitrogens with zero attached hydrogens (tertiary/aromatic N) is 2. The molecule has 2 aromatic carbocycles. The van der Waals surface area contributed by atoms with Gasteiger partial charge in [-0.3, -0.25) is 4.79 Å². The van der Waals surface area contributed by atoms with Crippen molar-refractivity contribution in [2.75, 3.05) is 10.6 Å². The lowest BCUT2D eigenvalue weighted by Gasteiger charge is -2.10. The summed E-state index contributed by atoms with van der Waals surface area (Å²) in [5.41, 5.74) is 3.52. The predicted octanol–water partition coefficient (Wildman–Crippen LogP) is 4.75. The van der Waals surface area contributed by atoms with Gasteiger partial charge in [-0.05, 0) is 49.2 Å². The molecule has 1 amide bonds.